The second-order valence-corrected chi connectivity index (χ2v) is 9.59. The summed E-state index contributed by atoms with van der Waals surface area (Å²) in [5.74, 6) is 0.232. The second kappa shape index (κ2) is 8.22. The molecule has 4 rings (SSSR count). The maximum absolute atomic E-state index is 13.6. The number of nitriles is 1. The van der Waals surface area contributed by atoms with Crippen LogP contribution in [0.4, 0.5) is 5.95 Å². The van der Waals surface area contributed by atoms with Gasteiger partial charge in [-0.3, -0.25) is 0 Å². The Morgan fingerprint density at radius 2 is 1.69 bits per heavy atom. The van der Waals surface area contributed by atoms with Crippen LogP contribution in [0.2, 0.25) is 5.02 Å². The van der Waals surface area contributed by atoms with Gasteiger partial charge in [0.1, 0.15) is 0 Å². The molecule has 0 radical (unpaired) electrons. The summed E-state index contributed by atoms with van der Waals surface area (Å²) in [6.07, 6.45) is 0. The van der Waals surface area contributed by atoms with Gasteiger partial charge in [-0.1, -0.05) is 41.4 Å². The van der Waals surface area contributed by atoms with Crippen molar-refractivity contribution in [2.45, 2.75) is 32.2 Å². The molecule has 0 bridgehead atoms. The van der Waals surface area contributed by atoms with Crippen LogP contribution in [0.25, 0.3) is 5.78 Å². The van der Waals surface area contributed by atoms with Crippen molar-refractivity contribution in [2.75, 3.05) is 4.31 Å². The summed E-state index contributed by atoms with van der Waals surface area (Å²) < 4.78 is 29.8. The average Bonchev–Trinajstić information content (AvgIpc) is 3.20. The fourth-order valence-electron chi connectivity index (χ4n) is 3.20. The Balaban J connectivity index is 1.87. The van der Waals surface area contributed by atoms with E-state index in [1.807, 2.05) is 6.92 Å². The van der Waals surface area contributed by atoms with Crippen LogP contribution >= 0.6 is 11.6 Å². The Morgan fingerprint density at radius 1 is 1.03 bits per heavy atom. The third-order valence-corrected chi connectivity index (χ3v) is 7.33. The first-order valence-corrected chi connectivity index (χ1v) is 11.5. The Kier molecular flexibility index (Phi) is 5.59. The molecule has 0 fully saturated rings. The van der Waals surface area contributed by atoms with E-state index in [0.29, 0.717) is 27.5 Å². The lowest BCUT2D eigenvalue weighted by molar-refractivity contribution is 0.589. The number of fused-ring (bicyclic) bond motifs is 1. The number of sulfonamides is 1. The van der Waals surface area contributed by atoms with E-state index in [4.69, 9.17) is 16.9 Å². The lowest BCUT2D eigenvalue weighted by Crippen LogP contribution is -2.31. The third kappa shape index (κ3) is 3.90. The van der Waals surface area contributed by atoms with E-state index in [1.165, 1.54) is 4.52 Å². The molecule has 0 aliphatic heterocycles. The zero-order valence-corrected chi connectivity index (χ0v) is 19.2. The average molecular weight is 467 g/mol. The van der Waals surface area contributed by atoms with Gasteiger partial charge in [0.25, 0.3) is 21.7 Å². The normalized spacial score (nSPS) is 11.5. The number of aryl methyl sites for hydroxylation is 3. The molecule has 0 amide bonds. The minimum absolute atomic E-state index is 0.0211. The number of anilines is 1. The van der Waals surface area contributed by atoms with Crippen molar-refractivity contribution in [3.8, 4) is 6.07 Å². The van der Waals surface area contributed by atoms with Crippen LogP contribution in [0.3, 0.4) is 0 Å². The van der Waals surface area contributed by atoms with E-state index in [1.54, 1.807) is 62.4 Å². The van der Waals surface area contributed by atoms with Crippen molar-refractivity contribution >= 4 is 33.4 Å². The smallest absolute Gasteiger partial charge is 0.228 e. The van der Waals surface area contributed by atoms with Crippen molar-refractivity contribution < 1.29 is 8.42 Å². The summed E-state index contributed by atoms with van der Waals surface area (Å²) in [6.45, 7) is 5.38. The maximum atomic E-state index is 13.6. The Morgan fingerprint density at radius 3 is 2.31 bits per heavy atom. The predicted octanol–water partition coefficient (Wildman–Crippen LogP) is 3.97. The number of aromatic nitrogens is 4. The molecule has 32 heavy (non-hydrogen) atoms. The molecule has 162 valence electrons. The summed E-state index contributed by atoms with van der Waals surface area (Å²) in [6, 6.07) is 15.3. The number of hydrogen-bond donors (Lipinski definition) is 0. The molecule has 0 aliphatic rings. The molecule has 0 aliphatic carbocycles. The van der Waals surface area contributed by atoms with E-state index >= 15 is 0 Å². The van der Waals surface area contributed by atoms with Crippen molar-refractivity contribution in [1.82, 2.24) is 19.6 Å². The largest absolute Gasteiger partial charge is 0.267 e. The Bertz CT molecular complexity index is 1460. The van der Waals surface area contributed by atoms with Crippen LogP contribution < -0.4 is 4.31 Å². The van der Waals surface area contributed by atoms with Gasteiger partial charge >= 0.3 is 0 Å². The van der Waals surface area contributed by atoms with Gasteiger partial charge in [0.05, 0.1) is 39.5 Å². The summed E-state index contributed by atoms with van der Waals surface area (Å²) >= 11 is 6.30. The molecule has 0 spiro atoms. The molecule has 2 aromatic carbocycles. The number of halogens is 1. The summed E-state index contributed by atoms with van der Waals surface area (Å²) in [5, 5.41) is 13.9. The van der Waals surface area contributed by atoms with Gasteiger partial charge in [-0.25, -0.2) is 17.7 Å². The molecule has 4 aromatic rings. The first-order chi connectivity index (χ1) is 15.2. The van der Waals surface area contributed by atoms with Gasteiger partial charge in [0, 0.05) is 0 Å². The highest BCUT2D eigenvalue weighted by Crippen LogP contribution is 2.26. The highest BCUT2D eigenvalue weighted by Gasteiger charge is 2.29. The molecule has 0 unspecified atom stereocenters. The van der Waals surface area contributed by atoms with Gasteiger partial charge in [-0.15, -0.1) is 5.10 Å². The molecule has 10 heteroatoms. The molecule has 2 aromatic heterocycles. The lowest BCUT2D eigenvalue weighted by Gasteiger charge is -2.21. The number of benzene rings is 2. The van der Waals surface area contributed by atoms with Crippen LogP contribution in [0.1, 0.15) is 28.1 Å². The zero-order chi connectivity index (χ0) is 23.0. The topological polar surface area (TPSA) is 104 Å². The van der Waals surface area contributed by atoms with Crippen molar-refractivity contribution in [3.63, 3.8) is 0 Å². The minimum Gasteiger partial charge on any atom is -0.228 e. The van der Waals surface area contributed by atoms with Crippen LogP contribution in [0.15, 0.2) is 53.4 Å². The van der Waals surface area contributed by atoms with Gasteiger partial charge in [0.15, 0.2) is 0 Å². The molecule has 2 heterocycles. The quantitative estimate of drug-likeness (QED) is 0.440. The van der Waals surface area contributed by atoms with Crippen LogP contribution in [0, 0.1) is 32.1 Å². The zero-order valence-electron chi connectivity index (χ0n) is 17.6. The van der Waals surface area contributed by atoms with E-state index in [9.17, 15) is 8.42 Å². The van der Waals surface area contributed by atoms with E-state index in [2.05, 4.69) is 21.1 Å². The van der Waals surface area contributed by atoms with Gasteiger partial charge < -0.3 is 0 Å². The third-order valence-electron chi connectivity index (χ3n) is 5.04. The van der Waals surface area contributed by atoms with Crippen LogP contribution in [-0.2, 0) is 16.6 Å². The maximum Gasteiger partial charge on any atom is 0.267 e. The number of hydrogen-bond acceptors (Lipinski definition) is 6. The summed E-state index contributed by atoms with van der Waals surface area (Å²) in [7, 11) is -4.00. The van der Waals surface area contributed by atoms with Gasteiger partial charge in [-0.05, 0) is 50.6 Å². The fraction of sp³-hybridized carbons (Fsp3) is 0.182. The molecular formula is C22H19ClN6O2S. The first-order valence-electron chi connectivity index (χ1n) is 9.68. The van der Waals surface area contributed by atoms with Crippen LogP contribution in [0.5, 0.6) is 0 Å². The lowest BCUT2D eigenvalue weighted by atomic mass is 10.1. The fourth-order valence-corrected chi connectivity index (χ4v) is 4.67. The van der Waals surface area contributed by atoms with E-state index < -0.39 is 10.0 Å². The highest BCUT2D eigenvalue weighted by molar-refractivity contribution is 7.92. The van der Waals surface area contributed by atoms with Gasteiger partial charge in [0.2, 0.25) is 0 Å². The standard InChI is InChI=1S/C22H19ClN6O2S/c1-14-4-10-19(11-5-14)32(30,31)28(13-18-8-6-17(12-24)7-9-18)22-26-21-25-15(2)20(23)16(3)29(21)27-22/h4-11H,13H2,1-3H3. The molecule has 0 saturated carbocycles. The molecule has 0 N–H and O–H groups in total. The van der Waals surface area contributed by atoms with Crippen molar-refractivity contribution in [1.29, 1.82) is 5.26 Å². The van der Waals surface area contributed by atoms with Crippen molar-refractivity contribution in [2.24, 2.45) is 0 Å². The summed E-state index contributed by atoms with van der Waals surface area (Å²) in [5.41, 5.74) is 3.29. The second-order valence-electron chi connectivity index (χ2n) is 7.35. The number of rotatable bonds is 5. The molecular weight excluding hydrogens is 448 g/mol. The Labute approximate surface area is 190 Å². The van der Waals surface area contributed by atoms with Crippen LogP contribution in [-0.4, -0.2) is 28.0 Å². The SMILES string of the molecule is Cc1ccc(S(=O)(=O)N(Cc2ccc(C#N)cc2)c2nc3nc(C)c(Cl)c(C)n3n2)cc1. The minimum atomic E-state index is -4.00. The van der Waals surface area contributed by atoms with E-state index in [-0.39, 0.29) is 23.2 Å². The number of nitrogens with zero attached hydrogens (tertiary/aromatic N) is 6. The molecule has 0 atom stereocenters. The van der Waals surface area contributed by atoms with Crippen molar-refractivity contribution in [3.05, 3.63) is 81.6 Å². The molecule has 8 nitrogen and oxygen atoms in total. The predicted molar refractivity (Wildman–Crippen MR) is 121 cm³/mol. The monoisotopic (exact) mass is 466 g/mol. The van der Waals surface area contributed by atoms with Gasteiger partial charge in [-0.2, -0.15) is 14.8 Å². The summed E-state index contributed by atoms with van der Waals surface area (Å²) in [4.78, 5) is 8.85. The highest BCUT2D eigenvalue weighted by atomic mass is 35.5. The molecule has 0 saturated heterocycles. The van der Waals surface area contributed by atoms with E-state index in [0.717, 1.165) is 9.87 Å². The Hall–Kier alpha value is -3.48. The first kappa shape index (κ1) is 21.7.